The molecule has 0 fully saturated rings. The number of carbonyl (C=O) groups excluding carboxylic acids is 1. The molecule has 1 aromatic rings. The van der Waals surface area contributed by atoms with E-state index >= 15 is 0 Å². The summed E-state index contributed by atoms with van der Waals surface area (Å²) in [6.07, 6.45) is 0. The van der Waals surface area contributed by atoms with Gasteiger partial charge in [-0.05, 0) is 28.1 Å². The van der Waals surface area contributed by atoms with Crippen LogP contribution in [0, 0.1) is 0 Å². The van der Waals surface area contributed by atoms with Gasteiger partial charge in [-0.3, -0.25) is 4.79 Å². The third-order valence-electron chi connectivity index (χ3n) is 1.93. The van der Waals surface area contributed by atoms with Gasteiger partial charge >= 0.3 is 0 Å². The van der Waals surface area contributed by atoms with E-state index in [9.17, 15) is 4.79 Å². The summed E-state index contributed by atoms with van der Waals surface area (Å²) >= 11 is 9.96. The SMILES string of the molecule is O=C1c2cc(Br)cc(Br)c2OCC1Br. The number of benzene rings is 1. The van der Waals surface area contributed by atoms with Crippen molar-refractivity contribution < 1.29 is 9.53 Å². The van der Waals surface area contributed by atoms with Crippen molar-refractivity contribution >= 4 is 53.6 Å². The van der Waals surface area contributed by atoms with E-state index in [4.69, 9.17) is 4.74 Å². The number of ether oxygens (including phenoxy) is 1. The average Bonchev–Trinajstić information content (AvgIpc) is 2.12. The fraction of sp³-hybridized carbons (Fsp3) is 0.222. The van der Waals surface area contributed by atoms with Gasteiger partial charge in [0.2, 0.25) is 0 Å². The van der Waals surface area contributed by atoms with E-state index in [1.165, 1.54) is 0 Å². The van der Waals surface area contributed by atoms with Crippen molar-refractivity contribution in [3.63, 3.8) is 0 Å². The van der Waals surface area contributed by atoms with Gasteiger partial charge in [0.15, 0.2) is 5.78 Å². The van der Waals surface area contributed by atoms with Crippen LogP contribution in [0.4, 0.5) is 0 Å². The molecule has 1 aliphatic rings. The van der Waals surface area contributed by atoms with E-state index in [1.54, 1.807) is 6.07 Å². The van der Waals surface area contributed by atoms with Crippen LogP contribution in [0.3, 0.4) is 0 Å². The Kier molecular flexibility index (Phi) is 3.00. The summed E-state index contributed by atoms with van der Waals surface area (Å²) < 4.78 is 7.12. The standard InChI is InChI=1S/C9H5Br3O2/c10-4-1-5-8(13)7(12)3-14-9(5)6(11)2-4/h1-2,7H,3H2. The minimum Gasteiger partial charge on any atom is -0.490 e. The Balaban J connectivity index is 2.60. The van der Waals surface area contributed by atoms with Gasteiger partial charge in [-0.2, -0.15) is 0 Å². The zero-order valence-corrected chi connectivity index (χ0v) is 11.6. The van der Waals surface area contributed by atoms with Crippen LogP contribution in [-0.4, -0.2) is 17.2 Å². The first-order valence-corrected chi connectivity index (χ1v) is 6.40. The molecule has 0 amide bonds. The number of rotatable bonds is 0. The van der Waals surface area contributed by atoms with Crippen LogP contribution in [-0.2, 0) is 0 Å². The molecule has 74 valence electrons. The third-order valence-corrected chi connectivity index (χ3v) is 3.66. The molecule has 2 rings (SSSR count). The van der Waals surface area contributed by atoms with Crippen LogP contribution in [0.25, 0.3) is 0 Å². The van der Waals surface area contributed by atoms with Crippen LogP contribution < -0.4 is 4.74 Å². The first kappa shape index (κ1) is 10.6. The van der Waals surface area contributed by atoms with Gasteiger partial charge in [0.05, 0.1) is 10.0 Å². The summed E-state index contributed by atoms with van der Waals surface area (Å²) in [6, 6.07) is 3.64. The van der Waals surface area contributed by atoms with E-state index in [0.29, 0.717) is 17.9 Å². The highest BCUT2D eigenvalue weighted by atomic mass is 79.9. The van der Waals surface area contributed by atoms with Gasteiger partial charge in [-0.15, -0.1) is 0 Å². The maximum Gasteiger partial charge on any atom is 0.183 e. The van der Waals surface area contributed by atoms with Crippen molar-refractivity contribution in [3.8, 4) is 5.75 Å². The summed E-state index contributed by atoms with van der Waals surface area (Å²) in [5.74, 6) is 0.696. The van der Waals surface area contributed by atoms with Crippen molar-refractivity contribution in [3.05, 3.63) is 26.6 Å². The van der Waals surface area contributed by atoms with Crippen LogP contribution >= 0.6 is 47.8 Å². The molecule has 0 aliphatic carbocycles. The second-order valence-corrected chi connectivity index (χ2v) is 5.78. The lowest BCUT2D eigenvalue weighted by Crippen LogP contribution is -2.28. The molecule has 0 bridgehead atoms. The van der Waals surface area contributed by atoms with Crippen LogP contribution in [0.1, 0.15) is 10.4 Å². The molecular weight excluding hydrogens is 380 g/mol. The Morgan fingerprint density at radius 1 is 1.36 bits per heavy atom. The van der Waals surface area contributed by atoms with Crippen molar-refractivity contribution in [1.29, 1.82) is 0 Å². The van der Waals surface area contributed by atoms with Gasteiger partial charge < -0.3 is 4.74 Å². The zero-order valence-electron chi connectivity index (χ0n) is 6.89. The predicted molar refractivity (Wildman–Crippen MR) is 64.4 cm³/mol. The Morgan fingerprint density at radius 2 is 2.07 bits per heavy atom. The van der Waals surface area contributed by atoms with E-state index < -0.39 is 0 Å². The number of fused-ring (bicyclic) bond motifs is 1. The summed E-state index contributed by atoms with van der Waals surface area (Å²) in [5, 5.41) is 0. The Hall–Kier alpha value is 0.130. The Bertz CT molecular complexity index is 403. The van der Waals surface area contributed by atoms with Gasteiger partial charge in [-0.1, -0.05) is 31.9 Å². The van der Waals surface area contributed by atoms with Crippen LogP contribution in [0.15, 0.2) is 21.1 Å². The summed E-state index contributed by atoms with van der Waals surface area (Å²) in [4.78, 5) is 11.5. The fourth-order valence-electron chi connectivity index (χ4n) is 1.29. The van der Waals surface area contributed by atoms with Gasteiger partial charge in [0, 0.05) is 4.47 Å². The molecule has 0 spiro atoms. The maximum absolute atomic E-state index is 11.8. The molecule has 0 aromatic heterocycles. The first-order chi connectivity index (χ1) is 6.59. The van der Waals surface area contributed by atoms with Crippen LogP contribution in [0.2, 0.25) is 0 Å². The predicted octanol–water partition coefficient (Wildman–Crippen LogP) is 3.55. The smallest absolute Gasteiger partial charge is 0.183 e. The van der Waals surface area contributed by atoms with E-state index in [1.807, 2.05) is 6.07 Å². The maximum atomic E-state index is 11.8. The van der Waals surface area contributed by atoms with Crippen molar-refractivity contribution in [2.24, 2.45) is 0 Å². The third kappa shape index (κ3) is 1.77. The molecule has 2 nitrogen and oxygen atoms in total. The normalized spacial score (nSPS) is 20.2. The van der Waals surface area contributed by atoms with E-state index in [0.717, 1.165) is 8.95 Å². The average molecular weight is 385 g/mol. The van der Waals surface area contributed by atoms with E-state index in [-0.39, 0.29) is 10.6 Å². The molecule has 1 heterocycles. The molecule has 14 heavy (non-hydrogen) atoms. The minimum atomic E-state index is -0.240. The quantitative estimate of drug-likeness (QED) is 0.639. The Labute approximate surface area is 106 Å². The van der Waals surface area contributed by atoms with Crippen LogP contribution in [0.5, 0.6) is 5.75 Å². The number of carbonyl (C=O) groups is 1. The highest BCUT2D eigenvalue weighted by Gasteiger charge is 2.28. The molecule has 0 saturated heterocycles. The fourth-order valence-corrected chi connectivity index (χ4v) is 3.01. The number of halogens is 3. The Morgan fingerprint density at radius 3 is 2.79 bits per heavy atom. The number of alkyl halides is 1. The summed E-state index contributed by atoms with van der Waals surface area (Å²) in [6.45, 7) is 0.381. The molecule has 0 saturated carbocycles. The molecule has 0 N–H and O–H groups in total. The largest absolute Gasteiger partial charge is 0.490 e. The van der Waals surface area contributed by atoms with Gasteiger partial charge in [-0.25, -0.2) is 0 Å². The molecule has 1 unspecified atom stereocenters. The highest BCUT2D eigenvalue weighted by Crippen LogP contribution is 2.36. The lowest BCUT2D eigenvalue weighted by molar-refractivity contribution is 0.0945. The first-order valence-electron chi connectivity index (χ1n) is 3.89. The lowest BCUT2D eigenvalue weighted by atomic mass is 10.1. The highest BCUT2D eigenvalue weighted by molar-refractivity contribution is 9.11. The molecule has 1 aromatic carbocycles. The second kappa shape index (κ2) is 3.94. The second-order valence-electron chi connectivity index (χ2n) is 2.91. The van der Waals surface area contributed by atoms with Crippen molar-refractivity contribution in [2.75, 3.05) is 6.61 Å². The topological polar surface area (TPSA) is 26.3 Å². The number of Topliss-reactive ketones (excluding diaryl/α,β-unsaturated/α-hetero) is 1. The van der Waals surface area contributed by atoms with Gasteiger partial charge in [0.25, 0.3) is 0 Å². The zero-order chi connectivity index (χ0) is 10.3. The van der Waals surface area contributed by atoms with Crippen molar-refractivity contribution in [1.82, 2.24) is 0 Å². The molecule has 1 atom stereocenters. The van der Waals surface area contributed by atoms with Gasteiger partial charge in [0.1, 0.15) is 17.2 Å². The van der Waals surface area contributed by atoms with E-state index in [2.05, 4.69) is 47.8 Å². The summed E-state index contributed by atoms with van der Waals surface area (Å²) in [7, 11) is 0. The molecule has 0 radical (unpaired) electrons. The number of hydrogen-bond acceptors (Lipinski definition) is 2. The molecule has 5 heteroatoms. The monoisotopic (exact) mass is 382 g/mol. The molecule has 1 aliphatic heterocycles. The molecular formula is C9H5Br3O2. The van der Waals surface area contributed by atoms with Crippen molar-refractivity contribution in [2.45, 2.75) is 4.83 Å². The number of hydrogen-bond donors (Lipinski definition) is 0. The summed E-state index contributed by atoms with van der Waals surface area (Å²) in [5.41, 5.74) is 0.611. The number of ketones is 1. The minimum absolute atomic E-state index is 0.0632. The lowest BCUT2D eigenvalue weighted by Gasteiger charge is -2.21.